The van der Waals surface area contributed by atoms with Crippen LogP contribution in [0.5, 0.6) is 0 Å². The fourth-order valence-corrected chi connectivity index (χ4v) is 3.04. The van der Waals surface area contributed by atoms with Crippen LogP contribution >= 0.6 is 0 Å². The summed E-state index contributed by atoms with van der Waals surface area (Å²) in [5.74, 6) is -2.75. The Labute approximate surface area is 153 Å². The molecule has 0 bridgehead atoms. The van der Waals surface area contributed by atoms with Crippen molar-refractivity contribution in [3.8, 4) is 0 Å². The number of carboxylic acid groups (broad SMARTS) is 1. The van der Waals surface area contributed by atoms with Gasteiger partial charge in [0.15, 0.2) is 0 Å². The highest BCUT2D eigenvalue weighted by atomic mass is 16.4. The zero-order valence-corrected chi connectivity index (χ0v) is 16.2. The highest BCUT2D eigenvalue weighted by Gasteiger charge is 2.15. The average Bonchev–Trinajstić information content (AvgIpc) is 2.58. The van der Waals surface area contributed by atoms with E-state index in [4.69, 9.17) is 5.11 Å². The number of carboxylic acids is 1. The van der Waals surface area contributed by atoms with Crippen LogP contribution in [0.15, 0.2) is 0 Å². The molecule has 0 radical (unpaired) electrons. The highest BCUT2D eigenvalue weighted by molar-refractivity contribution is 6.36. The summed E-state index contributed by atoms with van der Waals surface area (Å²) in [5.41, 5.74) is 0. The van der Waals surface area contributed by atoms with Crippen LogP contribution in [0.1, 0.15) is 116 Å². The average molecular weight is 355 g/mol. The number of carbonyl (C=O) groups excluding carboxylic acids is 2. The second kappa shape index (κ2) is 17.6. The normalized spacial score (nSPS) is 10.8. The van der Waals surface area contributed by atoms with Crippen LogP contribution in [0.4, 0.5) is 0 Å². The molecule has 146 valence electrons. The van der Waals surface area contributed by atoms with Gasteiger partial charge in [0.1, 0.15) is 5.78 Å². The number of carbonyl (C=O) groups is 3. The first-order valence-electron chi connectivity index (χ1n) is 10.4. The Kier molecular flexibility index (Phi) is 16.8. The Bertz CT molecular complexity index is 363. The summed E-state index contributed by atoms with van der Waals surface area (Å²) >= 11 is 0. The van der Waals surface area contributed by atoms with Gasteiger partial charge in [-0.05, 0) is 6.42 Å². The zero-order valence-electron chi connectivity index (χ0n) is 16.2. The Balaban J connectivity index is 3.20. The van der Waals surface area contributed by atoms with Gasteiger partial charge in [0.2, 0.25) is 5.78 Å². The van der Waals surface area contributed by atoms with Crippen molar-refractivity contribution in [2.75, 3.05) is 0 Å². The van der Waals surface area contributed by atoms with E-state index < -0.39 is 18.2 Å². The molecule has 0 spiro atoms. The summed E-state index contributed by atoms with van der Waals surface area (Å²) in [6, 6.07) is 0. The first-order chi connectivity index (χ1) is 12.1. The van der Waals surface area contributed by atoms with Crippen LogP contribution in [-0.4, -0.2) is 22.6 Å². The molecular weight excluding hydrogens is 316 g/mol. The molecule has 0 atom stereocenters. The molecule has 4 heteroatoms. The predicted molar refractivity (Wildman–Crippen MR) is 102 cm³/mol. The molecule has 1 N–H and O–H groups in total. The highest BCUT2D eigenvalue weighted by Crippen LogP contribution is 2.13. The van der Waals surface area contributed by atoms with Gasteiger partial charge in [-0.15, -0.1) is 0 Å². The van der Waals surface area contributed by atoms with E-state index in [1.807, 2.05) is 0 Å². The monoisotopic (exact) mass is 354 g/mol. The van der Waals surface area contributed by atoms with Crippen LogP contribution in [-0.2, 0) is 14.4 Å². The van der Waals surface area contributed by atoms with E-state index in [0.717, 1.165) is 19.3 Å². The molecule has 0 unspecified atom stereocenters. The summed E-state index contributed by atoms with van der Waals surface area (Å²) < 4.78 is 0. The Morgan fingerprint density at radius 2 is 0.960 bits per heavy atom. The van der Waals surface area contributed by atoms with Crippen LogP contribution in [0.3, 0.4) is 0 Å². The molecule has 0 aliphatic heterocycles. The van der Waals surface area contributed by atoms with Crippen molar-refractivity contribution >= 4 is 17.5 Å². The van der Waals surface area contributed by atoms with Gasteiger partial charge < -0.3 is 5.11 Å². The number of rotatable bonds is 19. The van der Waals surface area contributed by atoms with Crippen LogP contribution in [0.2, 0.25) is 0 Å². The molecule has 0 fully saturated rings. The standard InChI is InChI=1S/C21H38O4/c1-2-3-4-5-6-7-8-9-10-11-12-13-14-15-16-17-19(22)18-20(23)21(24)25/h2-18H2,1H3,(H,24,25). The zero-order chi connectivity index (χ0) is 18.8. The number of Topliss-reactive ketones (excluding diaryl/α,β-unsaturated/α-hetero) is 2. The third-order valence-electron chi connectivity index (χ3n) is 4.66. The molecule has 4 nitrogen and oxygen atoms in total. The van der Waals surface area contributed by atoms with Crippen molar-refractivity contribution in [2.24, 2.45) is 0 Å². The van der Waals surface area contributed by atoms with E-state index in [1.165, 1.54) is 77.0 Å². The summed E-state index contributed by atoms with van der Waals surface area (Å²) in [6.45, 7) is 2.25. The fraction of sp³-hybridized carbons (Fsp3) is 0.857. The molecule has 0 saturated heterocycles. The van der Waals surface area contributed by atoms with Crippen LogP contribution in [0.25, 0.3) is 0 Å². The van der Waals surface area contributed by atoms with E-state index in [-0.39, 0.29) is 5.78 Å². The maximum Gasteiger partial charge on any atom is 0.372 e. The molecular formula is C21H38O4. The number of hydrogen-bond donors (Lipinski definition) is 1. The quantitative estimate of drug-likeness (QED) is 0.179. The van der Waals surface area contributed by atoms with Crippen LogP contribution in [0, 0.1) is 0 Å². The minimum Gasteiger partial charge on any atom is -0.475 e. The van der Waals surface area contributed by atoms with E-state index in [2.05, 4.69) is 6.92 Å². The first-order valence-corrected chi connectivity index (χ1v) is 10.4. The Morgan fingerprint density at radius 1 is 0.600 bits per heavy atom. The summed E-state index contributed by atoms with van der Waals surface area (Å²) in [4.78, 5) is 32.6. The lowest BCUT2D eigenvalue weighted by atomic mass is 10.0. The maximum absolute atomic E-state index is 11.4. The second-order valence-electron chi connectivity index (χ2n) is 7.14. The van der Waals surface area contributed by atoms with Crippen LogP contribution < -0.4 is 0 Å². The second-order valence-corrected chi connectivity index (χ2v) is 7.14. The summed E-state index contributed by atoms with van der Waals surface area (Å²) in [7, 11) is 0. The number of ketones is 2. The lowest BCUT2D eigenvalue weighted by molar-refractivity contribution is -0.150. The molecule has 0 saturated carbocycles. The first kappa shape index (κ1) is 23.8. The van der Waals surface area contributed by atoms with Gasteiger partial charge >= 0.3 is 5.97 Å². The molecule has 0 heterocycles. The van der Waals surface area contributed by atoms with Crippen molar-refractivity contribution in [3.63, 3.8) is 0 Å². The lowest BCUT2D eigenvalue weighted by Gasteiger charge is -2.03. The topological polar surface area (TPSA) is 71.4 Å². The van der Waals surface area contributed by atoms with Crippen molar-refractivity contribution in [3.05, 3.63) is 0 Å². The molecule has 0 aliphatic rings. The smallest absolute Gasteiger partial charge is 0.372 e. The number of aliphatic carboxylic acids is 1. The molecule has 0 rings (SSSR count). The molecule has 0 aromatic carbocycles. The SMILES string of the molecule is CCCCCCCCCCCCCCCCCC(=O)CC(=O)C(=O)O. The molecule has 0 amide bonds. The van der Waals surface area contributed by atoms with Gasteiger partial charge in [0.25, 0.3) is 0 Å². The van der Waals surface area contributed by atoms with Gasteiger partial charge in [-0.1, -0.05) is 96.8 Å². The molecule has 0 aromatic rings. The Hall–Kier alpha value is -1.19. The van der Waals surface area contributed by atoms with E-state index in [0.29, 0.717) is 6.42 Å². The molecule has 25 heavy (non-hydrogen) atoms. The largest absolute Gasteiger partial charge is 0.475 e. The van der Waals surface area contributed by atoms with E-state index in [1.54, 1.807) is 0 Å². The van der Waals surface area contributed by atoms with E-state index in [9.17, 15) is 14.4 Å². The van der Waals surface area contributed by atoms with Crippen molar-refractivity contribution in [1.82, 2.24) is 0 Å². The van der Waals surface area contributed by atoms with Gasteiger partial charge in [0, 0.05) is 6.42 Å². The Morgan fingerprint density at radius 3 is 1.32 bits per heavy atom. The predicted octanol–water partition coefficient (Wildman–Crippen LogP) is 5.86. The van der Waals surface area contributed by atoms with E-state index >= 15 is 0 Å². The van der Waals surface area contributed by atoms with Crippen molar-refractivity contribution in [2.45, 2.75) is 116 Å². The van der Waals surface area contributed by atoms with Gasteiger partial charge in [-0.3, -0.25) is 9.59 Å². The minimum atomic E-state index is -1.51. The maximum atomic E-state index is 11.4. The van der Waals surface area contributed by atoms with Gasteiger partial charge in [0.05, 0.1) is 6.42 Å². The molecule has 0 aromatic heterocycles. The summed E-state index contributed by atoms with van der Waals surface area (Å²) in [6.07, 6.45) is 18.9. The number of unbranched alkanes of at least 4 members (excludes halogenated alkanes) is 14. The minimum absolute atomic E-state index is 0.248. The van der Waals surface area contributed by atoms with Gasteiger partial charge in [-0.25, -0.2) is 4.79 Å². The number of hydrogen-bond acceptors (Lipinski definition) is 3. The molecule has 0 aliphatic carbocycles. The lowest BCUT2D eigenvalue weighted by Crippen LogP contribution is -2.16. The summed E-state index contributed by atoms with van der Waals surface area (Å²) in [5, 5.41) is 8.43. The van der Waals surface area contributed by atoms with Crippen molar-refractivity contribution < 1.29 is 19.5 Å². The third kappa shape index (κ3) is 17.4. The fourth-order valence-electron chi connectivity index (χ4n) is 3.04. The van der Waals surface area contributed by atoms with Gasteiger partial charge in [-0.2, -0.15) is 0 Å². The van der Waals surface area contributed by atoms with Crippen molar-refractivity contribution in [1.29, 1.82) is 0 Å². The third-order valence-corrected chi connectivity index (χ3v) is 4.66.